The largest absolute Gasteiger partial charge is 0.813 e. The van der Waals surface area contributed by atoms with Gasteiger partial charge in [0.2, 0.25) is 0 Å². The number of hydrogen-bond acceptors (Lipinski definition) is 3. The molecule has 0 aliphatic heterocycles. The molecule has 0 spiro atoms. The van der Waals surface area contributed by atoms with Crippen molar-refractivity contribution in [3.8, 4) is 0 Å². The SMILES string of the molecule is CN(C)C(CCC[O][Tl])C1CCCC1.P.[SH-]. The van der Waals surface area contributed by atoms with Gasteiger partial charge in [-0.2, -0.15) is 9.90 Å². The van der Waals surface area contributed by atoms with Gasteiger partial charge < -0.3 is 13.5 Å². The fraction of sp³-hybridized carbons (Fsp3) is 1.00. The molecular formula is C11H26NOPSTl-. The zero-order valence-electron chi connectivity index (χ0n) is 10.7. The number of hydrogen-bond donors (Lipinski definition) is 0. The van der Waals surface area contributed by atoms with Gasteiger partial charge in [0.05, 0.1) is 0 Å². The summed E-state index contributed by atoms with van der Waals surface area (Å²) >= 11 is 0.712. The van der Waals surface area contributed by atoms with E-state index in [9.17, 15) is 0 Å². The van der Waals surface area contributed by atoms with Gasteiger partial charge in [0.25, 0.3) is 0 Å². The van der Waals surface area contributed by atoms with E-state index in [0.29, 0.717) is 26.2 Å². The summed E-state index contributed by atoms with van der Waals surface area (Å²) in [6, 6.07) is 0.803. The normalized spacial score (nSPS) is 17.9. The zero-order chi connectivity index (χ0) is 10.4. The molecule has 2 atom stereocenters. The van der Waals surface area contributed by atoms with E-state index in [1.165, 1.54) is 38.5 Å². The maximum atomic E-state index is 5.28. The van der Waals surface area contributed by atoms with E-state index in [-0.39, 0.29) is 23.4 Å². The van der Waals surface area contributed by atoms with Crippen LogP contribution in [0.5, 0.6) is 0 Å². The monoisotopic (exact) mass is 456 g/mol. The fourth-order valence-electron chi connectivity index (χ4n) is 2.63. The minimum atomic E-state index is 0. The van der Waals surface area contributed by atoms with E-state index in [4.69, 9.17) is 2.69 Å². The van der Waals surface area contributed by atoms with Gasteiger partial charge in [0, 0.05) is 0 Å². The molecule has 0 aromatic heterocycles. The topological polar surface area (TPSA) is 12.5 Å². The third kappa shape index (κ3) is 7.14. The van der Waals surface area contributed by atoms with Crippen molar-refractivity contribution in [1.29, 1.82) is 0 Å². The van der Waals surface area contributed by atoms with E-state index in [0.717, 1.165) is 18.6 Å². The molecule has 1 aliphatic rings. The predicted octanol–water partition coefficient (Wildman–Crippen LogP) is 1.78. The molecule has 0 bridgehead atoms. The molecule has 0 aromatic rings. The standard InChI is InChI=1S/C11H22NO.H3P.H2S.Tl/c1-12(2)11(8-5-9-13)10-6-3-4-7-10;;;/h10-11H,3-9H2,1-2H3;1H3;1H2;/q-1;;;+1/p-1. The van der Waals surface area contributed by atoms with Crippen LogP contribution in [0.1, 0.15) is 38.5 Å². The second-order valence-corrected chi connectivity index (χ2v) is 5.88. The second kappa shape index (κ2) is 11.7. The van der Waals surface area contributed by atoms with Crippen LogP contribution in [-0.4, -0.2) is 57.9 Å². The summed E-state index contributed by atoms with van der Waals surface area (Å²) in [5.74, 6) is 0.960. The van der Waals surface area contributed by atoms with E-state index in [1.807, 2.05) is 0 Å². The maximum absolute atomic E-state index is 5.28. The number of thiol groups is 1. The molecule has 1 rings (SSSR count). The average Bonchev–Trinajstić information content (AvgIpc) is 2.64. The van der Waals surface area contributed by atoms with Crippen molar-refractivity contribution in [2.75, 3.05) is 20.7 Å². The molecule has 1 fully saturated rings. The Morgan fingerprint density at radius 2 is 1.88 bits per heavy atom. The summed E-state index contributed by atoms with van der Waals surface area (Å²) in [5.41, 5.74) is 0. The molecule has 0 radical (unpaired) electrons. The van der Waals surface area contributed by atoms with Crippen molar-refractivity contribution in [2.24, 2.45) is 5.92 Å². The van der Waals surface area contributed by atoms with Crippen molar-refractivity contribution >= 4 is 49.6 Å². The van der Waals surface area contributed by atoms with Crippen LogP contribution in [-0.2, 0) is 16.2 Å². The summed E-state index contributed by atoms with van der Waals surface area (Å²) in [5, 5.41) is 0. The molecule has 16 heavy (non-hydrogen) atoms. The van der Waals surface area contributed by atoms with E-state index in [2.05, 4.69) is 19.0 Å². The summed E-state index contributed by atoms with van der Waals surface area (Å²) in [7, 11) is 4.46. The van der Waals surface area contributed by atoms with Crippen LogP contribution in [0.25, 0.3) is 0 Å². The molecule has 96 valence electrons. The van der Waals surface area contributed by atoms with E-state index in [1.54, 1.807) is 0 Å². The van der Waals surface area contributed by atoms with Crippen LogP contribution in [0, 0.1) is 5.92 Å². The van der Waals surface area contributed by atoms with Crippen molar-refractivity contribution in [3.63, 3.8) is 0 Å². The van der Waals surface area contributed by atoms with Crippen LogP contribution in [0.15, 0.2) is 0 Å². The smallest absolute Gasteiger partial charge is 0.153 e. The minimum Gasteiger partial charge on any atom is -0.813 e. The van der Waals surface area contributed by atoms with Crippen LogP contribution >= 0.6 is 9.90 Å². The minimum absolute atomic E-state index is 0. The Morgan fingerprint density at radius 3 is 2.31 bits per heavy atom. The number of rotatable bonds is 6. The molecule has 0 saturated heterocycles. The van der Waals surface area contributed by atoms with Gasteiger partial charge in [-0.25, -0.2) is 0 Å². The molecule has 0 amide bonds. The Bertz CT molecular complexity index is 157. The molecular weight excluding hydrogens is 430 g/mol. The van der Waals surface area contributed by atoms with Crippen molar-refractivity contribution in [3.05, 3.63) is 0 Å². The van der Waals surface area contributed by atoms with E-state index < -0.39 is 0 Å². The van der Waals surface area contributed by atoms with Crippen LogP contribution in [0.3, 0.4) is 0 Å². The van der Waals surface area contributed by atoms with Gasteiger partial charge >= 0.3 is 105 Å². The molecule has 2 unspecified atom stereocenters. The third-order valence-corrected chi connectivity index (χ3v) is 4.29. The Hall–Kier alpha value is 1.62. The molecule has 0 heterocycles. The van der Waals surface area contributed by atoms with Gasteiger partial charge in [0.1, 0.15) is 0 Å². The fourth-order valence-corrected chi connectivity index (χ4v) is 3.28. The van der Waals surface area contributed by atoms with Crippen molar-refractivity contribution in [2.45, 2.75) is 44.6 Å². The van der Waals surface area contributed by atoms with Crippen LogP contribution in [0.4, 0.5) is 0 Å². The zero-order valence-corrected chi connectivity index (χ0v) is 17.5. The first kappa shape index (κ1) is 20.0. The van der Waals surface area contributed by atoms with Gasteiger partial charge in [-0.15, -0.1) is 0 Å². The van der Waals surface area contributed by atoms with Gasteiger partial charge in [-0.1, -0.05) is 0 Å². The van der Waals surface area contributed by atoms with Crippen molar-refractivity contribution in [1.82, 2.24) is 4.90 Å². The summed E-state index contributed by atoms with van der Waals surface area (Å²) in [6.45, 7) is 0.988. The molecule has 1 aliphatic carbocycles. The Balaban J connectivity index is 0. The van der Waals surface area contributed by atoms with Gasteiger partial charge in [-0.3, -0.25) is 0 Å². The van der Waals surface area contributed by atoms with Crippen molar-refractivity contribution < 1.29 is 2.69 Å². The first-order chi connectivity index (χ1) is 6.75. The second-order valence-electron chi connectivity index (χ2n) is 4.59. The summed E-state index contributed by atoms with van der Waals surface area (Å²) in [6.07, 6.45) is 8.38. The molecule has 2 nitrogen and oxygen atoms in total. The Labute approximate surface area is 128 Å². The predicted molar refractivity (Wildman–Crippen MR) is 80.2 cm³/mol. The van der Waals surface area contributed by atoms with Gasteiger partial charge in [-0.05, 0) is 0 Å². The molecule has 0 aromatic carbocycles. The quantitative estimate of drug-likeness (QED) is 0.199. The molecule has 5 heteroatoms. The molecule has 0 N–H and O–H groups in total. The number of nitrogens with zero attached hydrogens (tertiary/aromatic N) is 1. The first-order valence-corrected chi connectivity index (χ1v) is 7.57. The van der Waals surface area contributed by atoms with Crippen LogP contribution in [0.2, 0.25) is 0 Å². The Kier molecular flexibility index (Phi) is 14.6. The maximum Gasteiger partial charge on any atom is -0.153 e. The summed E-state index contributed by atoms with van der Waals surface area (Å²) < 4.78 is 5.28. The third-order valence-electron chi connectivity index (χ3n) is 3.37. The Morgan fingerprint density at radius 1 is 1.31 bits per heavy atom. The average molecular weight is 456 g/mol. The first-order valence-electron chi connectivity index (χ1n) is 5.74. The van der Waals surface area contributed by atoms with E-state index >= 15 is 0 Å². The summed E-state index contributed by atoms with van der Waals surface area (Å²) in [4.78, 5) is 2.42. The molecule has 1 saturated carbocycles. The van der Waals surface area contributed by atoms with Crippen LogP contribution < -0.4 is 0 Å². The van der Waals surface area contributed by atoms with Gasteiger partial charge in [0.15, 0.2) is 0 Å².